The normalized spacial score (nSPS) is 11.4. The van der Waals surface area contributed by atoms with E-state index in [1.807, 2.05) is 20.8 Å². The van der Waals surface area contributed by atoms with Crippen molar-refractivity contribution >= 4 is 17.2 Å². The second-order valence-electron chi connectivity index (χ2n) is 4.94. The van der Waals surface area contributed by atoms with E-state index in [4.69, 9.17) is 15.2 Å². The van der Waals surface area contributed by atoms with Gasteiger partial charge in [0.2, 0.25) is 0 Å². The van der Waals surface area contributed by atoms with Gasteiger partial charge in [0.15, 0.2) is 17.4 Å². The van der Waals surface area contributed by atoms with Gasteiger partial charge in [0.05, 0.1) is 12.2 Å². The minimum absolute atomic E-state index is 0.0531. The zero-order valence-electron chi connectivity index (χ0n) is 11.1. The van der Waals surface area contributed by atoms with Crippen LogP contribution in [0.5, 0.6) is 5.75 Å². The molecule has 6 heteroatoms. The molecule has 0 atom stereocenters. The van der Waals surface area contributed by atoms with Crippen molar-refractivity contribution in [3.63, 3.8) is 0 Å². The van der Waals surface area contributed by atoms with Crippen molar-refractivity contribution < 1.29 is 18.3 Å². The lowest BCUT2D eigenvalue weighted by atomic mass is 10.2. The average molecular weight is 289 g/mol. The fourth-order valence-electron chi connectivity index (χ4n) is 1.33. The van der Waals surface area contributed by atoms with Crippen LogP contribution in [0.1, 0.15) is 26.3 Å². The Hall–Kier alpha value is -1.27. The monoisotopic (exact) mass is 289 g/mol. The minimum Gasteiger partial charge on any atom is -0.485 e. The van der Waals surface area contributed by atoms with E-state index in [2.05, 4.69) is 12.2 Å². The maximum Gasteiger partial charge on any atom is 0.190 e. The molecule has 0 unspecified atom stereocenters. The molecule has 0 amide bonds. The Bertz CT molecular complexity index is 449. The van der Waals surface area contributed by atoms with Crippen molar-refractivity contribution in [2.45, 2.75) is 26.4 Å². The molecule has 1 rings (SSSR count). The largest absolute Gasteiger partial charge is 0.485 e. The van der Waals surface area contributed by atoms with Crippen LogP contribution in [-0.2, 0) is 4.74 Å². The Morgan fingerprint density at radius 1 is 1.21 bits per heavy atom. The summed E-state index contributed by atoms with van der Waals surface area (Å²) in [6.45, 7) is 5.93. The first-order chi connectivity index (χ1) is 8.70. The van der Waals surface area contributed by atoms with Crippen molar-refractivity contribution in [1.29, 1.82) is 0 Å². The highest BCUT2D eigenvalue weighted by Crippen LogP contribution is 2.23. The first-order valence-electron chi connectivity index (χ1n) is 5.76. The van der Waals surface area contributed by atoms with Crippen LogP contribution in [-0.4, -0.2) is 23.8 Å². The Kier molecular flexibility index (Phi) is 5.20. The smallest absolute Gasteiger partial charge is 0.190 e. The van der Waals surface area contributed by atoms with Gasteiger partial charge in [0.1, 0.15) is 11.6 Å². The third kappa shape index (κ3) is 5.08. The number of hydrogen-bond acceptors (Lipinski definition) is 3. The standard InChI is InChI=1S/C13H17F2NO2S/c1-13(2,3)18-5-4-17-11-9(14)6-8(12(16)19)7-10(11)15/h6-7H,4-5H2,1-3H3,(H2,16,19). The molecule has 0 aliphatic rings. The van der Waals surface area contributed by atoms with Gasteiger partial charge in [-0.2, -0.15) is 0 Å². The lowest BCUT2D eigenvalue weighted by Crippen LogP contribution is -2.22. The zero-order chi connectivity index (χ0) is 14.6. The molecule has 0 aliphatic carbocycles. The molecular weight excluding hydrogens is 272 g/mol. The third-order valence-electron chi connectivity index (χ3n) is 2.15. The van der Waals surface area contributed by atoms with E-state index in [0.717, 1.165) is 12.1 Å². The van der Waals surface area contributed by atoms with Crippen LogP contribution in [0.4, 0.5) is 8.78 Å². The molecule has 1 aromatic carbocycles. The van der Waals surface area contributed by atoms with Crippen molar-refractivity contribution in [1.82, 2.24) is 0 Å². The summed E-state index contributed by atoms with van der Waals surface area (Å²) in [7, 11) is 0. The predicted molar refractivity (Wildman–Crippen MR) is 73.4 cm³/mol. The Labute approximate surface area is 116 Å². The van der Waals surface area contributed by atoms with E-state index in [0.29, 0.717) is 0 Å². The van der Waals surface area contributed by atoms with Gasteiger partial charge in [0.25, 0.3) is 0 Å². The summed E-state index contributed by atoms with van der Waals surface area (Å²) in [5, 5.41) is 0. The average Bonchev–Trinajstić information content (AvgIpc) is 2.25. The van der Waals surface area contributed by atoms with Gasteiger partial charge in [-0.3, -0.25) is 0 Å². The summed E-state index contributed by atoms with van der Waals surface area (Å²) < 4.78 is 37.6. The highest BCUT2D eigenvalue weighted by molar-refractivity contribution is 7.80. The Morgan fingerprint density at radius 3 is 2.16 bits per heavy atom. The molecular formula is C13H17F2NO2S. The fraction of sp³-hybridized carbons (Fsp3) is 0.462. The zero-order valence-corrected chi connectivity index (χ0v) is 11.9. The van der Waals surface area contributed by atoms with E-state index in [1.165, 1.54) is 0 Å². The van der Waals surface area contributed by atoms with Gasteiger partial charge in [-0.1, -0.05) is 12.2 Å². The first-order valence-corrected chi connectivity index (χ1v) is 6.17. The van der Waals surface area contributed by atoms with Crippen molar-refractivity contribution in [3.8, 4) is 5.75 Å². The Morgan fingerprint density at radius 2 is 1.74 bits per heavy atom. The van der Waals surface area contributed by atoms with Crippen molar-refractivity contribution in [2.75, 3.05) is 13.2 Å². The molecule has 2 N–H and O–H groups in total. The number of rotatable bonds is 5. The van der Waals surface area contributed by atoms with Gasteiger partial charge >= 0.3 is 0 Å². The molecule has 0 saturated carbocycles. The molecule has 19 heavy (non-hydrogen) atoms. The van der Waals surface area contributed by atoms with Crippen LogP contribution in [0.3, 0.4) is 0 Å². The number of benzene rings is 1. The summed E-state index contributed by atoms with van der Waals surface area (Å²) in [6, 6.07) is 2.09. The first kappa shape index (κ1) is 15.8. The number of thiocarbonyl (C=S) groups is 1. The molecule has 0 fully saturated rings. The molecule has 0 aromatic heterocycles. The van der Waals surface area contributed by atoms with Gasteiger partial charge < -0.3 is 15.2 Å². The SMILES string of the molecule is CC(C)(C)OCCOc1c(F)cc(C(N)=S)cc1F. The topological polar surface area (TPSA) is 44.5 Å². The number of hydrogen-bond donors (Lipinski definition) is 1. The van der Waals surface area contributed by atoms with Gasteiger partial charge in [-0.25, -0.2) is 8.78 Å². The second-order valence-corrected chi connectivity index (χ2v) is 5.38. The van der Waals surface area contributed by atoms with Gasteiger partial charge in [-0.05, 0) is 32.9 Å². The van der Waals surface area contributed by atoms with E-state index in [9.17, 15) is 8.78 Å². The van der Waals surface area contributed by atoms with Gasteiger partial charge in [-0.15, -0.1) is 0 Å². The fourth-order valence-corrected chi connectivity index (χ4v) is 1.45. The molecule has 106 valence electrons. The van der Waals surface area contributed by atoms with E-state index in [-0.39, 0.29) is 29.4 Å². The van der Waals surface area contributed by atoms with Crippen LogP contribution in [0.25, 0.3) is 0 Å². The number of nitrogens with two attached hydrogens (primary N) is 1. The van der Waals surface area contributed by atoms with Gasteiger partial charge in [0, 0.05) is 5.56 Å². The van der Waals surface area contributed by atoms with Crippen molar-refractivity contribution in [3.05, 3.63) is 29.3 Å². The molecule has 3 nitrogen and oxygen atoms in total. The molecule has 0 bridgehead atoms. The van der Waals surface area contributed by atoms with Crippen LogP contribution >= 0.6 is 12.2 Å². The summed E-state index contributed by atoms with van der Waals surface area (Å²) >= 11 is 4.66. The van der Waals surface area contributed by atoms with Crippen LogP contribution in [0.2, 0.25) is 0 Å². The van der Waals surface area contributed by atoms with Crippen LogP contribution in [0, 0.1) is 11.6 Å². The number of ether oxygens (including phenoxy) is 2. The molecule has 1 aromatic rings. The highest BCUT2D eigenvalue weighted by atomic mass is 32.1. The van der Waals surface area contributed by atoms with E-state index >= 15 is 0 Å². The second kappa shape index (κ2) is 6.25. The summed E-state index contributed by atoms with van der Waals surface area (Å²) in [4.78, 5) is -0.0691. The predicted octanol–water partition coefficient (Wildman–Crippen LogP) is 2.79. The van der Waals surface area contributed by atoms with E-state index in [1.54, 1.807) is 0 Å². The third-order valence-corrected chi connectivity index (χ3v) is 2.38. The molecule has 0 radical (unpaired) electrons. The summed E-state index contributed by atoms with van der Waals surface area (Å²) in [6.07, 6.45) is 0. The summed E-state index contributed by atoms with van der Waals surface area (Å²) in [5.74, 6) is -2.12. The lowest BCUT2D eigenvalue weighted by molar-refractivity contribution is -0.0170. The highest BCUT2D eigenvalue weighted by Gasteiger charge is 2.15. The molecule has 0 aliphatic heterocycles. The van der Waals surface area contributed by atoms with Crippen molar-refractivity contribution in [2.24, 2.45) is 5.73 Å². The summed E-state index contributed by atoms with van der Waals surface area (Å²) in [5.41, 5.74) is 5.11. The van der Waals surface area contributed by atoms with Crippen LogP contribution in [0.15, 0.2) is 12.1 Å². The quantitative estimate of drug-likeness (QED) is 0.669. The minimum atomic E-state index is -0.835. The lowest BCUT2D eigenvalue weighted by Gasteiger charge is -2.19. The molecule has 0 heterocycles. The maximum absolute atomic E-state index is 13.6. The van der Waals surface area contributed by atoms with Crippen LogP contribution < -0.4 is 10.5 Å². The van der Waals surface area contributed by atoms with E-state index < -0.39 is 17.4 Å². The maximum atomic E-state index is 13.6. The molecule has 0 saturated heterocycles. The molecule has 0 spiro atoms. The Balaban J connectivity index is 2.67. The number of halogens is 2.